The smallest absolute Gasteiger partial charge is 0.144 e. The quantitative estimate of drug-likeness (QED) is 0.863. The van der Waals surface area contributed by atoms with Crippen molar-refractivity contribution in [2.45, 2.75) is 19.4 Å². The van der Waals surface area contributed by atoms with Gasteiger partial charge in [0.2, 0.25) is 0 Å². The van der Waals surface area contributed by atoms with E-state index in [2.05, 4.69) is 5.32 Å². The average Bonchev–Trinajstić information content (AvgIpc) is 2.33. The zero-order valence-corrected chi connectivity index (χ0v) is 9.98. The van der Waals surface area contributed by atoms with Crippen LogP contribution >= 0.6 is 11.6 Å². The molecule has 0 aromatic heterocycles. The second-order valence-electron chi connectivity index (χ2n) is 3.89. The van der Waals surface area contributed by atoms with Gasteiger partial charge in [-0.25, -0.2) is 4.39 Å². The maximum Gasteiger partial charge on any atom is 0.144 e. The normalized spacial score (nSPS) is 21.1. The highest BCUT2D eigenvalue weighted by molar-refractivity contribution is 6.30. The molecular weight excluding hydrogens is 229 g/mol. The first kappa shape index (κ1) is 11.8. The van der Waals surface area contributed by atoms with Crippen LogP contribution in [0.1, 0.15) is 24.2 Å². The van der Waals surface area contributed by atoms with Crippen molar-refractivity contribution < 1.29 is 9.13 Å². The predicted molar refractivity (Wildman–Crippen MR) is 62.4 cm³/mol. The first-order valence-electron chi connectivity index (χ1n) is 5.52. The van der Waals surface area contributed by atoms with Crippen LogP contribution in [0.2, 0.25) is 5.02 Å². The molecular formula is C12H15ClFNO. The molecule has 4 heteroatoms. The fourth-order valence-electron chi connectivity index (χ4n) is 1.89. The summed E-state index contributed by atoms with van der Waals surface area (Å²) >= 11 is 5.87. The minimum atomic E-state index is -0.309. The van der Waals surface area contributed by atoms with Crippen molar-refractivity contribution in [3.8, 4) is 0 Å². The van der Waals surface area contributed by atoms with E-state index in [-0.39, 0.29) is 16.9 Å². The van der Waals surface area contributed by atoms with Crippen LogP contribution in [-0.4, -0.2) is 19.7 Å². The summed E-state index contributed by atoms with van der Waals surface area (Å²) in [6, 6.07) is 3.51. The standard InChI is InChI=1S/C12H15ClFNO/c1-2-8-5-9(6-10(13)12(8)14)11-7-15-3-4-16-11/h5-6,11,15H,2-4,7H2,1H3. The summed E-state index contributed by atoms with van der Waals surface area (Å²) in [7, 11) is 0. The Labute approximate surface area is 99.7 Å². The third-order valence-corrected chi connectivity index (χ3v) is 3.08. The van der Waals surface area contributed by atoms with Crippen molar-refractivity contribution in [3.05, 3.63) is 34.1 Å². The van der Waals surface area contributed by atoms with E-state index in [9.17, 15) is 4.39 Å². The summed E-state index contributed by atoms with van der Waals surface area (Å²) in [6.45, 7) is 4.22. The molecule has 2 nitrogen and oxygen atoms in total. The Morgan fingerprint density at radius 3 is 3.00 bits per heavy atom. The lowest BCUT2D eigenvalue weighted by Crippen LogP contribution is -2.33. The zero-order chi connectivity index (χ0) is 11.5. The molecule has 1 fully saturated rings. The van der Waals surface area contributed by atoms with Crippen molar-refractivity contribution in [2.24, 2.45) is 0 Å². The van der Waals surface area contributed by atoms with Crippen LogP contribution in [0.15, 0.2) is 12.1 Å². The van der Waals surface area contributed by atoms with Gasteiger partial charge in [0.05, 0.1) is 17.7 Å². The highest BCUT2D eigenvalue weighted by Gasteiger charge is 2.18. The summed E-state index contributed by atoms with van der Waals surface area (Å²) in [5.41, 5.74) is 1.60. The predicted octanol–water partition coefficient (Wildman–Crippen LogP) is 2.70. The molecule has 0 saturated carbocycles. The number of hydrogen-bond donors (Lipinski definition) is 1. The van der Waals surface area contributed by atoms with Crippen molar-refractivity contribution in [1.82, 2.24) is 5.32 Å². The van der Waals surface area contributed by atoms with Crippen molar-refractivity contribution in [1.29, 1.82) is 0 Å². The molecule has 0 bridgehead atoms. The van der Waals surface area contributed by atoms with Gasteiger partial charge in [-0.1, -0.05) is 24.6 Å². The van der Waals surface area contributed by atoms with Crippen molar-refractivity contribution >= 4 is 11.6 Å². The summed E-state index contributed by atoms with van der Waals surface area (Å²) in [5, 5.41) is 3.43. The molecule has 1 unspecified atom stereocenters. The maximum atomic E-state index is 13.6. The molecule has 16 heavy (non-hydrogen) atoms. The van der Waals surface area contributed by atoms with Gasteiger partial charge in [-0.15, -0.1) is 0 Å². The highest BCUT2D eigenvalue weighted by Crippen LogP contribution is 2.27. The summed E-state index contributed by atoms with van der Waals surface area (Å²) in [4.78, 5) is 0. The van der Waals surface area contributed by atoms with Gasteiger partial charge in [-0.2, -0.15) is 0 Å². The number of morpholine rings is 1. The van der Waals surface area contributed by atoms with Crippen LogP contribution in [0.4, 0.5) is 4.39 Å². The number of hydrogen-bond acceptors (Lipinski definition) is 2. The van der Waals surface area contributed by atoms with E-state index in [1.807, 2.05) is 13.0 Å². The molecule has 0 aliphatic carbocycles. The molecule has 2 rings (SSSR count). The van der Waals surface area contributed by atoms with Gasteiger partial charge in [-0.05, 0) is 23.6 Å². The fraction of sp³-hybridized carbons (Fsp3) is 0.500. The van der Waals surface area contributed by atoms with E-state index in [1.165, 1.54) is 0 Å². The number of halogens is 2. The van der Waals surface area contributed by atoms with Gasteiger partial charge >= 0.3 is 0 Å². The topological polar surface area (TPSA) is 21.3 Å². The second kappa shape index (κ2) is 5.13. The Hall–Kier alpha value is -0.640. The lowest BCUT2D eigenvalue weighted by molar-refractivity contribution is 0.0276. The fourth-order valence-corrected chi connectivity index (χ4v) is 2.14. The minimum Gasteiger partial charge on any atom is -0.371 e. The van der Waals surface area contributed by atoms with Gasteiger partial charge in [0.1, 0.15) is 5.82 Å². The molecule has 1 aromatic carbocycles. The first-order valence-corrected chi connectivity index (χ1v) is 5.90. The number of benzene rings is 1. The number of aryl methyl sites for hydroxylation is 1. The van der Waals surface area contributed by atoms with E-state index >= 15 is 0 Å². The number of nitrogens with one attached hydrogen (secondary N) is 1. The largest absolute Gasteiger partial charge is 0.371 e. The highest BCUT2D eigenvalue weighted by atomic mass is 35.5. The van der Waals surface area contributed by atoms with Crippen LogP contribution in [-0.2, 0) is 11.2 Å². The third-order valence-electron chi connectivity index (χ3n) is 2.81. The van der Waals surface area contributed by atoms with Crippen LogP contribution < -0.4 is 5.32 Å². The van der Waals surface area contributed by atoms with E-state index in [0.717, 1.165) is 18.7 Å². The molecule has 1 aliphatic heterocycles. The molecule has 1 aromatic rings. The second-order valence-corrected chi connectivity index (χ2v) is 4.30. The maximum absolute atomic E-state index is 13.6. The average molecular weight is 244 g/mol. The van der Waals surface area contributed by atoms with Crippen LogP contribution in [0.5, 0.6) is 0 Å². The Kier molecular flexibility index (Phi) is 3.79. The molecule has 1 aliphatic rings. The van der Waals surface area contributed by atoms with E-state index in [1.54, 1.807) is 6.07 Å². The first-order chi connectivity index (χ1) is 7.72. The lowest BCUT2D eigenvalue weighted by Gasteiger charge is -2.24. The number of rotatable bonds is 2. The van der Waals surface area contributed by atoms with Crippen LogP contribution in [0, 0.1) is 5.82 Å². The SMILES string of the molecule is CCc1cc(C2CNCCO2)cc(Cl)c1F. The molecule has 0 radical (unpaired) electrons. The Bertz CT molecular complexity index is 378. The Morgan fingerprint density at radius 1 is 1.56 bits per heavy atom. The van der Waals surface area contributed by atoms with Gasteiger partial charge in [0, 0.05) is 13.1 Å². The molecule has 88 valence electrons. The Balaban J connectivity index is 2.29. The van der Waals surface area contributed by atoms with Gasteiger partial charge in [0.15, 0.2) is 0 Å². The van der Waals surface area contributed by atoms with E-state index in [0.29, 0.717) is 18.6 Å². The summed E-state index contributed by atoms with van der Waals surface area (Å²) < 4.78 is 19.2. The Morgan fingerprint density at radius 2 is 2.38 bits per heavy atom. The van der Waals surface area contributed by atoms with Crippen LogP contribution in [0.25, 0.3) is 0 Å². The van der Waals surface area contributed by atoms with E-state index < -0.39 is 0 Å². The molecule has 1 atom stereocenters. The molecule has 1 heterocycles. The van der Waals surface area contributed by atoms with Crippen molar-refractivity contribution in [3.63, 3.8) is 0 Å². The summed E-state index contributed by atoms with van der Waals surface area (Å²) in [6.07, 6.45) is 0.622. The molecule has 0 spiro atoms. The third kappa shape index (κ3) is 2.37. The van der Waals surface area contributed by atoms with Gasteiger partial charge < -0.3 is 10.1 Å². The van der Waals surface area contributed by atoms with E-state index in [4.69, 9.17) is 16.3 Å². The number of ether oxygens (including phenoxy) is 1. The minimum absolute atomic E-state index is 0.0165. The summed E-state index contributed by atoms with van der Waals surface area (Å²) in [5.74, 6) is -0.309. The molecule has 1 saturated heterocycles. The van der Waals surface area contributed by atoms with Gasteiger partial charge in [-0.3, -0.25) is 0 Å². The van der Waals surface area contributed by atoms with Gasteiger partial charge in [0.25, 0.3) is 0 Å². The van der Waals surface area contributed by atoms with Crippen molar-refractivity contribution in [2.75, 3.05) is 19.7 Å². The monoisotopic (exact) mass is 243 g/mol. The zero-order valence-electron chi connectivity index (χ0n) is 9.22. The van der Waals surface area contributed by atoms with Crippen LogP contribution in [0.3, 0.4) is 0 Å². The molecule has 1 N–H and O–H groups in total. The lowest BCUT2D eigenvalue weighted by atomic mass is 10.0. The molecule has 0 amide bonds.